The molecule has 0 bridgehead atoms. The normalized spacial score (nSPS) is 21.7. The van der Waals surface area contributed by atoms with Crippen LogP contribution in [-0.2, 0) is 11.3 Å². The van der Waals surface area contributed by atoms with E-state index in [1.807, 2.05) is 12.1 Å². The van der Waals surface area contributed by atoms with Gasteiger partial charge in [0.05, 0.1) is 13.2 Å². The number of benzene rings is 2. The smallest absolute Gasteiger partial charge is 0.134 e. The van der Waals surface area contributed by atoms with Crippen LogP contribution in [0.5, 0.6) is 11.5 Å². The van der Waals surface area contributed by atoms with Crippen LogP contribution >= 0.6 is 0 Å². The van der Waals surface area contributed by atoms with E-state index in [2.05, 4.69) is 4.90 Å². The van der Waals surface area contributed by atoms with E-state index in [9.17, 15) is 14.6 Å². The minimum atomic E-state index is -1.15. The van der Waals surface area contributed by atoms with Gasteiger partial charge in [0.15, 0.2) is 0 Å². The Morgan fingerprint density at radius 3 is 2.56 bits per heavy atom. The zero-order chi connectivity index (χ0) is 17.7. The number of β-amino-alcohol motifs (C(OH)–C–C–N with tert-alkyl or cyclic N) is 1. The number of aliphatic hydroxyl groups is 1. The topological polar surface area (TPSA) is 62.2 Å². The van der Waals surface area contributed by atoms with Crippen molar-refractivity contribution in [2.24, 2.45) is 0 Å². The molecule has 134 valence electrons. The first-order valence-electron chi connectivity index (χ1n) is 8.21. The van der Waals surface area contributed by atoms with Crippen LogP contribution in [-0.4, -0.2) is 53.6 Å². The van der Waals surface area contributed by atoms with Gasteiger partial charge in [0.25, 0.3) is 0 Å². The summed E-state index contributed by atoms with van der Waals surface area (Å²) in [6.45, 7) is 2.50. The van der Waals surface area contributed by atoms with Crippen LogP contribution in [0.2, 0.25) is 0 Å². The van der Waals surface area contributed by atoms with Gasteiger partial charge in [-0.3, -0.25) is 4.90 Å². The SMILES string of the molecule is Oc1ccc(CN2CCOCC(O)(COc3ccc(F)cc3)C2)cc1. The van der Waals surface area contributed by atoms with Crippen LogP contribution in [0.4, 0.5) is 4.39 Å². The third kappa shape index (κ3) is 5.16. The van der Waals surface area contributed by atoms with Crippen molar-refractivity contribution >= 4 is 0 Å². The number of hydrogen-bond donors (Lipinski definition) is 2. The van der Waals surface area contributed by atoms with Crippen molar-refractivity contribution in [3.05, 3.63) is 59.9 Å². The Hall–Kier alpha value is -2.15. The zero-order valence-electron chi connectivity index (χ0n) is 13.9. The fraction of sp³-hybridized carbons (Fsp3) is 0.368. The molecule has 1 atom stereocenters. The maximum Gasteiger partial charge on any atom is 0.134 e. The molecule has 6 heteroatoms. The molecule has 0 radical (unpaired) electrons. The van der Waals surface area contributed by atoms with Crippen LogP contribution < -0.4 is 4.74 Å². The lowest BCUT2D eigenvalue weighted by molar-refractivity contribution is -0.0646. The number of ether oxygens (including phenoxy) is 2. The molecule has 2 N–H and O–H groups in total. The van der Waals surface area contributed by atoms with Crippen molar-refractivity contribution < 1.29 is 24.1 Å². The molecule has 25 heavy (non-hydrogen) atoms. The lowest BCUT2D eigenvalue weighted by atomic mass is 10.1. The Bertz CT molecular complexity index is 677. The molecule has 0 aromatic heterocycles. The van der Waals surface area contributed by atoms with Crippen molar-refractivity contribution in [2.45, 2.75) is 12.1 Å². The Balaban J connectivity index is 1.61. The fourth-order valence-electron chi connectivity index (χ4n) is 2.83. The Labute approximate surface area is 146 Å². The minimum Gasteiger partial charge on any atom is -0.508 e. The highest BCUT2D eigenvalue weighted by Crippen LogP contribution is 2.19. The molecule has 0 amide bonds. The first-order chi connectivity index (χ1) is 12.0. The molecule has 0 spiro atoms. The molecule has 3 rings (SSSR count). The molecular formula is C19H22FNO4. The van der Waals surface area contributed by atoms with Crippen molar-refractivity contribution in [1.29, 1.82) is 0 Å². The van der Waals surface area contributed by atoms with Gasteiger partial charge < -0.3 is 19.7 Å². The molecule has 1 aliphatic heterocycles. The van der Waals surface area contributed by atoms with E-state index in [0.717, 1.165) is 5.56 Å². The number of hydrogen-bond acceptors (Lipinski definition) is 5. The van der Waals surface area contributed by atoms with Gasteiger partial charge in [-0.05, 0) is 42.0 Å². The number of nitrogens with zero attached hydrogens (tertiary/aromatic N) is 1. The highest BCUT2D eigenvalue weighted by molar-refractivity contribution is 5.26. The highest BCUT2D eigenvalue weighted by Gasteiger charge is 2.33. The summed E-state index contributed by atoms with van der Waals surface area (Å²) in [6.07, 6.45) is 0. The zero-order valence-corrected chi connectivity index (χ0v) is 13.9. The van der Waals surface area contributed by atoms with Crippen molar-refractivity contribution in [1.82, 2.24) is 4.90 Å². The molecule has 0 saturated carbocycles. The predicted octanol–water partition coefficient (Wildman–Crippen LogP) is 2.17. The van der Waals surface area contributed by atoms with Crippen LogP contribution in [0.25, 0.3) is 0 Å². The highest BCUT2D eigenvalue weighted by atomic mass is 19.1. The Morgan fingerprint density at radius 1 is 1.12 bits per heavy atom. The summed E-state index contributed by atoms with van der Waals surface area (Å²) in [4.78, 5) is 2.09. The lowest BCUT2D eigenvalue weighted by Crippen LogP contribution is -2.48. The maximum absolute atomic E-state index is 12.9. The Kier molecular flexibility index (Phi) is 5.53. The largest absolute Gasteiger partial charge is 0.508 e. The summed E-state index contributed by atoms with van der Waals surface area (Å²) in [5.74, 6) is 0.403. The van der Waals surface area contributed by atoms with Gasteiger partial charge in [-0.15, -0.1) is 0 Å². The van der Waals surface area contributed by atoms with Gasteiger partial charge in [0.2, 0.25) is 0 Å². The molecule has 5 nitrogen and oxygen atoms in total. The van der Waals surface area contributed by atoms with Gasteiger partial charge in [-0.25, -0.2) is 4.39 Å². The fourth-order valence-corrected chi connectivity index (χ4v) is 2.83. The van der Waals surface area contributed by atoms with Crippen LogP contribution in [0.1, 0.15) is 5.56 Å². The number of halogens is 1. The van der Waals surface area contributed by atoms with Gasteiger partial charge in [0.1, 0.15) is 29.5 Å². The number of aromatic hydroxyl groups is 1. The molecule has 1 aliphatic rings. The van der Waals surface area contributed by atoms with Gasteiger partial charge in [0, 0.05) is 19.6 Å². The summed E-state index contributed by atoms with van der Waals surface area (Å²) < 4.78 is 24.1. The second-order valence-corrected chi connectivity index (χ2v) is 6.40. The van der Waals surface area contributed by atoms with E-state index in [-0.39, 0.29) is 24.8 Å². The average Bonchev–Trinajstić information content (AvgIpc) is 2.78. The molecule has 1 unspecified atom stereocenters. The summed E-state index contributed by atoms with van der Waals surface area (Å²) in [5, 5.41) is 20.2. The second-order valence-electron chi connectivity index (χ2n) is 6.40. The summed E-state index contributed by atoms with van der Waals surface area (Å²) in [6, 6.07) is 12.7. The van der Waals surface area contributed by atoms with E-state index in [0.29, 0.717) is 32.0 Å². The predicted molar refractivity (Wildman–Crippen MR) is 91.0 cm³/mol. The van der Waals surface area contributed by atoms with Crippen molar-refractivity contribution in [3.63, 3.8) is 0 Å². The van der Waals surface area contributed by atoms with Gasteiger partial charge in [-0.2, -0.15) is 0 Å². The van der Waals surface area contributed by atoms with Crippen LogP contribution in [0.3, 0.4) is 0 Å². The third-order valence-electron chi connectivity index (χ3n) is 4.10. The average molecular weight is 347 g/mol. The van der Waals surface area contributed by atoms with E-state index in [4.69, 9.17) is 9.47 Å². The number of phenolic OH excluding ortho intramolecular Hbond substituents is 1. The quantitative estimate of drug-likeness (QED) is 0.868. The third-order valence-corrected chi connectivity index (χ3v) is 4.10. The summed E-state index contributed by atoms with van der Waals surface area (Å²) >= 11 is 0. The monoisotopic (exact) mass is 347 g/mol. The number of phenols is 1. The van der Waals surface area contributed by atoms with E-state index in [1.54, 1.807) is 12.1 Å². The first kappa shape index (κ1) is 17.7. The van der Waals surface area contributed by atoms with Gasteiger partial charge in [-0.1, -0.05) is 12.1 Å². The minimum absolute atomic E-state index is 0.0602. The first-order valence-corrected chi connectivity index (χ1v) is 8.21. The van der Waals surface area contributed by atoms with Crippen molar-refractivity contribution in [2.75, 3.05) is 32.9 Å². The van der Waals surface area contributed by atoms with E-state index < -0.39 is 5.60 Å². The lowest BCUT2D eigenvalue weighted by Gasteiger charge is -2.30. The number of rotatable bonds is 5. The molecular weight excluding hydrogens is 325 g/mol. The van der Waals surface area contributed by atoms with Crippen molar-refractivity contribution in [3.8, 4) is 11.5 Å². The molecule has 2 aromatic rings. The van der Waals surface area contributed by atoms with E-state index >= 15 is 0 Å². The molecule has 1 fully saturated rings. The van der Waals surface area contributed by atoms with Gasteiger partial charge >= 0.3 is 0 Å². The summed E-state index contributed by atoms with van der Waals surface area (Å²) in [7, 11) is 0. The standard InChI is InChI=1S/C19H22FNO4/c20-16-3-7-18(8-4-16)25-14-19(23)12-21(9-10-24-13-19)11-15-1-5-17(22)6-2-15/h1-8,22-23H,9-14H2. The maximum atomic E-state index is 12.9. The summed E-state index contributed by atoms with van der Waals surface area (Å²) in [5.41, 5.74) is -0.108. The molecule has 1 saturated heterocycles. The molecule has 0 aliphatic carbocycles. The Morgan fingerprint density at radius 2 is 1.84 bits per heavy atom. The van der Waals surface area contributed by atoms with Crippen LogP contribution in [0.15, 0.2) is 48.5 Å². The molecule has 2 aromatic carbocycles. The molecule has 1 heterocycles. The second kappa shape index (κ2) is 7.82. The van der Waals surface area contributed by atoms with Crippen LogP contribution in [0, 0.1) is 5.82 Å². The van der Waals surface area contributed by atoms with E-state index in [1.165, 1.54) is 24.3 Å².